The predicted molar refractivity (Wildman–Crippen MR) is 115 cm³/mol. The largest absolute Gasteiger partial charge is 0.497 e. The molecule has 152 valence electrons. The van der Waals surface area contributed by atoms with Crippen molar-refractivity contribution in [3.8, 4) is 11.5 Å². The third-order valence-corrected chi connectivity index (χ3v) is 5.06. The first-order valence-electron chi connectivity index (χ1n) is 9.88. The number of carbonyl (C=O) groups is 1. The molecule has 3 aromatic carbocycles. The van der Waals surface area contributed by atoms with Gasteiger partial charge in [-0.2, -0.15) is 0 Å². The molecule has 0 amide bonds. The maximum atomic E-state index is 13.1. The number of ether oxygens (including phenoxy) is 2. The van der Waals surface area contributed by atoms with E-state index in [9.17, 15) is 4.79 Å². The van der Waals surface area contributed by atoms with Gasteiger partial charge in [0.25, 0.3) is 0 Å². The van der Waals surface area contributed by atoms with Crippen LogP contribution < -0.4 is 9.47 Å². The van der Waals surface area contributed by atoms with Gasteiger partial charge in [0.05, 0.1) is 12.8 Å². The summed E-state index contributed by atoms with van der Waals surface area (Å²) in [5.41, 5.74) is 3.20. The fourth-order valence-corrected chi connectivity index (χ4v) is 3.60. The molecule has 1 aliphatic heterocycles. The maximum absolute atomic E-state index is 13.1. The van der Waals surface area contributed by atoms with E-state index in [2.05, 4.69) is 5.16 Å². The number of hydrogen-bond donors (Lipinski definition) is 0. The van der Waals surface area contributed by atoms with Gasteiger partial charge in [-0.05, 0) is 30.2 Å². The van der Waals surface area contributed by atoms with Crippen LogP contribution in [0.4, 0.5) is 0 Å². The average molecular weight is 401 g/mol. The van der Waals surface area contributed by atoms with Gasteiger partial charge in [0.1, 0.15) is 23.5 Å². The Labute approximate surface area is 175 Å². The molecule has 0 aliphatic carbocycles. The zero-order valence-corrected chi connectivity index (χ0v) is 16.9. The second-order valence-electron chi connectivity index (χ2n) is 7.20. The number of hydrogen-bond acceptors (Lipinski definition) is 5. The van der Waals surface area contributed by atoms with Crippen molar-refractivity contribution in [2.45, 2.75) is 25.4 Å². The highest BCUT2D eigenvalue weighted by atomic mass is 16.7. The van der Waals surface area contributed by atoms with Crippen LogP contribution in [0.3, 0.4) is 0 Å². The molecule has 0 fully saturated rings. The Hall–Kier alpha value is -3.60. The lowest BCUT2D eigenvalue weighted by atomic mass is 9.91. The number of oxime groups is 1. The van der Waals surface area contributed by atoms with Gasteiger partial charge in [-0.25, -0.2) is 4.79 Å². The molecule has 0 saturated heterocycles. The van der Waals surface area contributed by atoms with Gasteiger partial charge >= 0.3 is 5.97 Å². The van der Waals surface area contributed by atoms with Gasteiger partial charge in [-0.1, -0.05) is 65.8 Å². The zero-order valence-electron chi connectivity index (χ0n) is 16.9. The van der Waals surface area contributed by atoms with Crippen molar-refractivity contribution in [3.05, 3.63) is 95.6 Å². The number of methoxy groups -OCH3 is 1. The molecule has 0 bridgehead atoms. The molecule has 1 atom stereocenters. The first-order chi connectivity index (χ1) is 14.7. The van der Waals surface area contributed by atoms with E-state index in [1.807, 2.05) is 85.8 Å². The molecule has 0 unspecified atom stereocenters. The van der Waals surface area contributed by atoms with Crippen LogP contribution in [0.15, 0.2) is 84.0 Å². The second kappa shape index (κ2) is 8.82. The summed E-state index contributed by atoms with van der Waals surface area (Å²) in [4.78, 5) is 18.6. The summed E-state index contributed by atoms with van der Waals surface area (Å²) >= 11 is 0. The molecule has 0 N–H and O–H groups in total. The summed E-state index contributed by atoms with van der Waals surface area (Å²) in [5, 5.41) is 4.25. The molecule has 5 nitrogen and oxygen atoms in total. The van der Waals surface area contributed by atoms with Crippen LogP contribution in [-0.4, -0.2) is 24.9 Å². The Balaban J connectivity index is 1.63. The molecule has 30 heavy (non-hydrogen) atoms. The van der Waals surface area contributed by atoms with E-state index in [0.29, 0.717) is 23.6 Å². The number of fused-ring (bicyclic) bond motifs is 1. The summed E-state index contributed by atoms with van der Waals surface area (Å²) in [6.45, 7) is 1.95. The zero-order chi connectivity index (χ0) is 20.9. The first-order valence-corrected chi connectivity index (χ1v) is 9.88. The van der Waals surface area contributed by atoms with Gasteiger partial charge in [0.2, 0.25) is 0 Å². The van der Waals surface area contributed by atoms with E-state index in [4.69, 9.17) is 14.3 Å². The van der Waals surface area contributed by atoms with Crippen LogP contribution in [0.1, 0.15) is 36.0 Å². The van der Waals surface area contributed by atoms with Crippen molar-refractivity contribution in [3.63, 3.8) is 0 Å². The van der Waals surface area contributed by atoms with Crippen molar-refractivity contribution in [1.29, 1.82) is 0 Å². The van der Waals surface area contributed by atoms with Crippen LogP contribution in [0.5, 0.6) is 11.5 Å². The smallest absolute Gasteiger partial charge is 0.346 e. The summed E-state index contributed by atoms with van der Waals surface area (Å²) in [6.07, 6.45) is 0.467. The quantitative estimate of drug-likeness (QED) is 0.449. The fourth-order valence-electron chi connectivity index (χ4n) is 3.60. The molecule has 5 heteroatoms. The minimum absolute atomic E-state index is 0.0823. The third kappa shape index (κ3) is 4.20. The van der Waals surface area contributed by atoms with E-state index in [1.165, 1.54) is 0 Å². The molecule has 4 rings (SSSR count). The first kappa shape index (κ1) is 19.7. The van der Waals surface area contributed by atoms with E-state index >= 15 is 0 Å². The minimum Gasteiger partial charge on any atom is -0.497 e. The van der Waals surface area contributed by atoms with Crippen molar-refractivity contribution in [2.75, 3.05) is 7.11 Å². The Morgan fingerprint density at radius 2 is 1.63 bits per heavy atom. The van der Waals surface area contributed by atoms with Crippen LogP contribution in [0.25, 0.3) is 0 Å². The molecular weight excluding hydrogens is 378 g/mol. The van der Waals surface area contributed by atoms with E-state index in [1.54, 1.807) is 7.11 Å². The normalized spacial score (nSPS) is 16.6. The maximum Gasteiger partial charge on any atom is 0.346 e. The summed E-state index contributed by atoms with van der Waals surface area (Å²) in [5.74, 6) is 0.399. The lowest BCUT2D eigenvalue weighted by Gasteiger charge is -2.24. The van der Waals surface area contributed by atoms with Gasteiger partial charge in [-0.3, -0.25) is 0 Å². The fraction of sp³-hybridized carbons (Fsp3) is 0.200. The van der Waals surface area contributed by atoms with Crippen LogP contribution in [-0.2, 0) is 9.63 Å². The van der Waals surface area contributed by atoms with Crippen molar-refractivity contribution in [2.24, 2.45) is 5.16 Å². The highest BCUT2D eigenvalue weighted by Crippen LogP contribution is 2.32. The van der Waals surface area contributed by atoms with Gasteiger partial charge < -0.3 is 14.3 Å². The minimum atomic E-state index is -0.552. The molecule has 1 aliphatic rings. The SMILES string of the molecule is COc1ccc2c(c1)O[C@@H](C)C/C2=N\OC(=O)C(c1ccccc1)c1ccccc1. The Morgan fingerprint density at radius 3 is 2.23 bits per heavy atom. The summed E-state index contributed by atoms with van der Waals surface area (Å²) < 4.78 is 11.2. The average Bonchev–Trinajstić information content (AvgIpc) is 2.78. The van der Waals surface area contributed by atoms with E-state index < -0.39 is 11.9 Å². The van der Waals surface area contributed by atoms with E-state index in [-0.39, 0.29) is 6.10 Å². The van der Waals surface area contributed by atoms with Gasteiger partial charge in [-0.15, -0.1) is 0 Å². The second-order valence-corrected chi connectivity index (χ2v) is 7.20. The Morgan fingerprint density at radius 1 is 1.00 bits per heavy atom. The summed E-state index contributed by atoms with van der Waals surface area (Å²) in [7, 11) is 1.61. The third-order valence-electron chi connectivity index (χ3n) is 5.06. The lowest BCUT2D eigenvalue weighted by Crippen LogP contribution is -2.25. The van der Waals surface area contributed by atoms with Crippen molar-refractivity contribution in [1.82, 2.24) is 0 Å². The Kier molecular flexibility index (Phi) is 5.80. The van der Waals surface area contributed by atoms with Crippen LogP contribution in [0.2, 0.25) is 0 Å². The van der Waals surface area contributed by atoms with Crippen molar-refractivity contribution >= 4 is 11.7 Å². The monoisotopic (exact) mass is 401 g/mol. The highest BCUT2D eigenvalue weighted by molar-refractivity contribution is 6.04. The Bertz CT molecular complexity index is 1010. The molecule has 0 saturated carbocycles. The topological polar surface area (TPSA) is 57.1 Å². The highest BCUT2D eigenvalue weighted by Gasteiger charge is 2.27. The van der Waals surface area contributed by atoms with E-state index in [0.717, 1.165) is 16.7 Å². The van der Waals surface area contributed by atoms with Gasteiger partial charge in [0, 0.05) is 18.1 Å². The molecule has 0 radical (unpaired) electrons. The molecule has 1 heterocycles. The molecule has 3 aromatic rings. The lowest BCUT2D eigenvalue weighted by molar-refractivity contribution is -0.144. The van der Waals surface area contributed by atoms with Crippen LogP contribution >= 0.6 is 0 Å². The summed E-state index contributed by atoms with van der Waals surface area (Å²) in [6, 6.07) is 24.7. The number of benzene rings is 3. The number of nitrogens with zero attached hydrogens (tertiary/aromatic N) is 1. The standard InChI is InChI=1S/C25H23NO4/c1-17-15-22(21-14-13-20(28-2)16-23(21)29-17)26-30-25(27)24(18-9-5-3-6-10-18)19-11-7-4-8-12-19/h3-14,16-17,24H,15H2,1-2H3/b26-22+/t17-/m0/s1. The number of rotatable bonds is 5. The van der Waals surface area contributed by atoms with Crippen molar-refractivity contribution < 1.29 is 19.1 Å². The number of carbonyl (C=O) groups excluding carboxylic acids is 1. The van der Waals surface area contributed by atoms with Crippen LogP contribution in [0, 0.1) is 0 Å². The predicted octanol–water partition coefficient (Wildman–Crippen LogP) is 4.95. The molecule has 0 spiro atoms. The van der Waals surface area contributed by atoms with Gasteiger partial charge in [0.15, 0.2) is 0 Å². The molecular formula is C25H23NO4. The molecule has 0 aromatic heterocycles.